The molecule has 3 N–H and O–H groups in total. The van der Waals surface area contributed by atoms with Gasteiger partial charge >= 0.3 is 0 Å². The van der Waals surface area contributed by atoms with Crippen LogP contribution in [0.1, 0.15) is 36.6 Å². The Hall–Kier alpha value is -3.83. The van der Waals surface area contributed by atoms with Gasteiger partial charge in [0.25, 0.3) is 0 Å². The van der Waals surface area contributed by atoms with Gasteiger partial charge in [-0.3, -0.25) is 10.1 Å². The minimum atomic E-state index is -0.841. The van der Waals surface area contributed by atoms with Crippen LogP contribution in [0.4, 0.5) is 0 Å². The Bertz CT molecular complexity index is 1420. The third-order valence-electron chi connectivity index (χ3n) is 6.60. The van der Waals surface area contributed by atoms with Crippen molar-refractivity contribution in [3.05, 3.63) is 108 Å². The highest BCUT2D eigenvalue weighted by atomic mass is 16.3. The van der Waals surface area contributed by atoms with Crippen molar-refractivity contribution in [1.29, 1.82) is 0 Å². The van der Waals surface area contributed by atoms with E-state index in [9.17, 15) is 4.79 Å². The Balaban J connectivity index is 1.43. The summed E-state index contributed by atoms with van der Waals surface area (Å²) < 4.78 is 5.72. The lowest BCUT2D eigenvalue weighted by atomic mass is 9.90. The summed E-state index contributed by atoms with van der Waals surface area (Å²) in [5, 5.41) is 8.98. The molecule has 34 heavy (non-hydrogen) atoms. The van der Waals surface area contributed by atoms with Crippen LogP contribution in [0.15, 0.2) is 95.7 Å². The third-order valence-corrected chi connectivity index (χ3v) is 6.60. The highest BCUT2D eigenvalue weighted by molar-refractivity contribution is 5.89. The fourth-order valence-electron chi connectivity index (χ4n) is 4.52. The summed E-state index contributed by atoms with van der Waals surface area (Å²) in [6.07, 6.45) is 4.32. The average molecular weight is 452 g/mol. The van der Waals surface area contributed by atoms with Gasteiger partial charge in [0, 0.05) is 41.0 Å². The second-order valence-corrected chi connectivity index (χ2v) is 9.08. The van der Waals surface area contributed by atoms with Crippen molar-refractivity contribution < 1.29 is 9.21 Å². The maximum Gasteiger partial charge on any atom is 0.240 e. The molecule has 0 aliphatic rings. The Morgan fingerprint density at radius 1 is 0.941 bits per heavy atom. The van der Waals surface area contributed by atoms with Crippen LogP contribution in [0, 0.1) is 0 Å². The number of aromatic amines is 1. The summed E-state index contributed by atoms with van der Waals surface area (Å²) in [4.78, 5) is 17.1. The lowest BCUT2D eigenvalue weighted by Gasteiger charge is -2.31. The molecule has 1 amide bonds. The van der Waals surface area contributed by atoms with Crippen molar-refractivity contribution in [2.24, 2.45) is 0 Å². The molecule has 0 unspecified atom stereocenters. The van der Waals surface area contributed by atoms with Gasteiger partial charge in [0.2, 0.25) is 5.91 Å². The first-order valence-electron chi connectivity index (χ1n) is 11.6. The summed E-state index contributed by atoms with van der Waals surface area (Å²) in [6, 6.07) is 26.1. The van der Waals surface area contributed by atoms with Crippen LogP contribution >= 0.6 is 0 Å². The average Bonchev–Trinajstić information content (AvgIpc) is 3.47. The van der Waals surface area contributed by atoms with Crippen LogP contribution in [-0.2, 0) is 17.8 Å². The normalized spacial score (nSPS) is 14.2. The number of H-pyrrole nitrogens is 1. The number of hydrogen-bond donors (Lipinski definition) is 3. The number of carbonyl (C=O) groups excluding carboxylic acids is 1. The van der Waals surface area contributed by atoms with Gasteiger partial charge in [-0.15, -0.1) is 0 Å². The number of amides is 1. The number of nitrogens with one attached hydrogen (secondary N) is 3. The van der Waals surface area contributed by atoms with Crippen molar-refractivity contribution in [2.45, 2.75) is 38.4 Å². The van der Waals surface area contributed by atoms with Crippen LogP contribution in [0.5, 0.6) is 0 Å². The molecule has 0 bridgehead atoms. The fourth-order valence-corrected chi connectivity index (χ4v) is 4.52. The molecular formula is C29H29N3O2. The van der Waals surface area contributed by atoms with Crippen molar-refractivity contribution in [1.82, 2.24) is 15.6 Å². The number of benzene rings is 3. The number of carbonyl (C=O) groups is 1. The highest BCUT2D eigenvalue weighted by Gasteiger charge is 2.35. The number of fused-ring (bicyclic) bond motifs is 2. The molecule has 0 fully saturated rings. The third kappa shape index (κ3) is 4.35. The van der Waals surface area contributed by atoms with Crippen LogP contribution in [-0.4, -0.2) is 16.4 Å². The highest BCUT2D eigenvalue weighted by Crippen LogP contribution is 2.26. The Labute approximate surface area is 199 Å². The Morgan fingerprint density at radius 3 is 2.47 bits per heavy atom. The van der Waals surface area contributed by atoms with Gasteiger partial charge in [0.15, 0.2) is 0 Å². The number of furan rings is 1. The van der Waals surface area contributed by atoms with Crippen molar-refractivity contribution in [3.63, 3.8) is 0 Å². The quantitative estimate of drug-likeness (QED) is 0.276. The van der Waals surface area contributed by atoms with E-state index < -0.39 is 5.54 Å². The summed E-state index contributed by atoms with van der Waals surface area (Å²) in [5.74, 6) is -0.0399. The summed E-state index contributed by atoms with van der Waals surface area (Å²) in [7, 11) is 0. The minimum Gasteiger partial charge on any atom is -0.464 e. The van der Waals surface area contributed by atoms with E-state index in [0.29, 0.717) is 13.0 Å². The van der Waals surface area contributed by atoms with Gasteiger partial charge in [0.05, 0.1) is 17.8 Å². The predicted molar refractivity (Wildman–Crippen MR) is 136 cm³/mol. The van der Waals surface area contributed by atoms with E-state index in [2.05, 4.69) is 27.8 Å². The molecule has 2 atom stereocenters. The second-order valence-electron chi connectivity index (χ2n) is 9.08. The van der Waals surface area contributed by atoms with Crippen LogP contribution < -0.4 is 10.6 Å². The largest absolute Gasteiger partial charge is 0.464 e. The summed E-state index contributed by atoms with van der Waals surface area (Å²) in [6.45, 7) is 4.51. The first kappa shape index (κ1) is 22.0. The van der Waals surface area contributed by atoms with Gasteiger partial charge in [-0.25, -0.2) is 0 Å². The lowest BCUT2D eigenvalue weighted by molar-refractivity contribution is -0.127. The molecule has 5 heteroatoms. The zero-order valence-electron chi connectivity index (χ0n) is 19.5. The standard InChI is InChI=1S/C29H29N3O2/c1-20(21-10-4-3-5-11-21)32-28(33)29(2,16-22-17-30-26-14-8-6-12-24(22)26)31-18-23-19-34-27-15-9-7-13-25(23)27/h3-15,17,19-20,30-31H,16,18H2,1-2H3,(H,32,33)/t20-,29+/m0/s1. The molecule has 5 aromatic rings. The molecule has 0 radical (unpaired) electrons. The van der Waals surface area contributed by atoms with Crippen LogP contribution in [0.3, 0.4) is 0 Å². The summed E-state index contributed by atoms with van der Waals surface area (Å²) in [5.41, 5.74) is 4.28. The lowest BCUT2D eigenvalue weighted by Crippen LogP contribution is -2.56. The number of aromatic nitrogens is 1. The van der Waals surface area contributed by atoms with Gasteiger partial charge in [-0.05, 0) is 37.1 Å². The zero-order valence-corrected chi connectivity index (χ0v) is 19.5. The minimum absolute atomic E-state index is 0.0399. The molecule has 2 aromatic heterocycles. The maximum absolute atomic E-state index is 13.7. The van der Waals surface area contributed by atoms with Crippen LogP contribution in [0.25, 0.3) is 21.9 Å². The smallest absolute Gasteiger partial charge is 0.240 e. The van der Waals surface area contributed by atoms with E-state index >= 15 is 0 Å². The SMILES string of the molecule is C[C@H](NC(=O)[C@@](C)(Cc1c[nH]c2ccccc12)NCc1coc2ccccc12)c1ccccc1. The van der Waals surface area contributed by atoms with E-state index in [1.165, 1.54) is 0 Å². The number of rotatable bonds is 8. The van der Waals surface area contributed by atoms with E-state index in [-0.39, 0.29) is 11.9 Å². The topological polar surface area (TPSA) is 70.1 Å². The molecule has 0 aliphatic heterocycles. The molecule has 5 rings (SSSR count). The molecule has 2 heterocycles. The molecular weight excluding hydrogens is 422 g/mol. The van der Waals surface area contributed by atoms with Crippen molar-refractivity contribution in [2.75, 3.05) is 0 Å². The van der Waals surface area contributed by atoms with Gasteiger partial charge in [0.1, 0.15) is 5.58 Å². The van der Waals surface area contributed by atoms with E-state index in [0.717, 1.165) is 38.6 Å². The van der Waals surface area contributed by atoms with Crippen molar-refractivity contribution >= 4 is 27.8 Å². The van der Waals surface area contributed by atoms with E-state index in [1.54, 1.807) is 6.26 Å². The van der Waals surface area contributed by atoms with Crippen LogP contribution in [0.2, 0.25) is 0 Å². The molecule has 0 aliphatic carbocycles. The summed E-state index contributed by atoms with van der Waals surface area (Å²) >= 11 is 0. The predicted octanol–water partition coefficient (Wildman–Crippen LogP) is 5.88. The molecule has 0 saturated carbocycles. The van der Waals surface area contributed by atoms with E-state index in [4.69, 9.17) is 4.42 Å². The van der Waals surface area contributed by atoms with E-state index in [1.807, 2.05) is 86.8 Å². The first-order valence-corrected chi connectivity index (χ1v) is 11.6. The number of hydrogen-bond acceptors (Lipinski definition) is 3. The fraction of sp³-hybridized carbons (Fsp3) is 0.207. The van der Waals surface area contributed by atoms with Crippen molar-refractivity contribution in [3.8, 4) is 0 Å². The maximum atomic E-state index is 13.7. The first-order chi connectivity index (χ1) is 16.5. The van der Waals surface area contributed by atoms with Gasteiger partial charge in [-0.1, -0.05) is 66.7 Å². The zero-order chi connectivity index (χ0) is 23.5. The Morgan fingerprint density at radius 2 is 1.65 bits per heavy atom. The monoisotopic (exact) mass is 451 g/mol. The molecule has 172 valence electrons. The van der Waals surface area contributed by atoms with Gasteiger partial charge in [-0.2, -0.15) is 0 Å². The molecule has 5 nitrogen and oxygen atoms in total. The number of para-hydroxylation sites is 2. The second kappa shape index (κ2) is 9.20. The van der Waals surface area contributed by atoms with Gasteiger partial charge < -0.3 is 14.7 Å². The molecule has 0 saturated heterocycles. The molecule has 3 aromatic carbocycles. The Kier molecular flexibility index (Phi) is 5.95. The molecule has 0 spiro atoms.